The molecule has 0 bridgehead atoms. The lowest BCUT2D eigenvalue weighted by molar-refractivity contribution is -0.138. The molecule has 5 aliphatic rings. The van der Waals surface area contributed by atoms with Gasteiger partial charge in [-0.3, -0.25) is 9.80 Å². The second kappa shape index (κ2) is 24.2. The molecule has 374 valence electrons. The highest BCUT2D eigenvalue weighted by atomic mass is 16.5. The summed E-state index contributed by atoms with van der Waals surface area (Å²) in [5.74, 6) is 2.77. The number of benzene rings is 6. The van der Waals surface area contributed by atoms with Crippen LogP contribution in [0.3, 0.4) is 0 Å². The number of nitrogens with zero attached hydrogens (tertiary/aromatic N) is 2. The summed E-state index contributed by atoms with van der Waals surface area (Å²) in [5, 5.41) is 33.2. The lowest BCUT2D eigenvalue weighted by Crippen LogP contribution is -2.58. The largest absolute Gasteiger partial charge is 0.496 e. The number of aliphatic hydroxyl groups is 3. The first kappa shape index (κ1) is 50.3. The Morgan fingerprint density at radius 3 is 1.28 bits per heavy atom. The molecule has 0 aromatic heterocycles. The Morgan fingerprint density at radius 1 is 0.479 bits per heavy atom. The van der Waals surface area contributed by atoms with E-state index in [-0.39, 0.29) is 49.8 Å². The lowest BCUT2D eigenvalue weighted by atomic mass is 9.83. The van der Waals surface area contributed by atoms with Crippen molar-refractivity contribution in [2.75, 3.05) is 47.6 Å². The Hall–Kier alpha value is -5.60. The zero-order valence-electron chi connectivity index (χ0n) is 41.4. The normalized spacial score (nSPS) is 24.4. The molecule has 11 rings (SSSR count). The third-order valence-electron chi connectivity index (χ3n) is 15.0. The summed E-state index contributed by atoms with van der Waals surface area (Å²) in [6.45, 7) is 4.22. The summed E-state index contributed by atoms with van der Waals surface area (Å²) < 4.78 is 28.9. The molecule has 11 heteroatoms. The Bertz CT molecular complexity index is 2480. The van der Waals surface area contributed by atoms with Crippen molar-refractivity contribution >= 4 is 0 Å². The molecule has 2 heterocycles. The fraction of sp³-hybridized carbons (Fsp3) is 0.400. The van der Waals surface area contributed by atoms with Crippen molar-refractivity contribution < 1.29 is 39.0 Å². The molecule has 0 spiro atoms. The van der Waals surface area contributed by atoms with Crippen LogP contribution in [-0.2, 0) is 67.6 Å². The summed E-state index contributed by atoms with van der Waals surface area (Å²) in [4.78, 5) is 4.96. The first-order valence-corrected chi connectivity index (χ1v) is 25.3. The van der Waals surface area contributed by atoms with Gasteiger partial charge in [0.15, 0.2) is 0 Å². The SMILES string of the molecule is COc1cccc2c1C[C@@H](O)[C@H](NCc1ccccc1)C2.COc1cccc2c1C[C@H]1O[C@@H](CO)CN(Cc3ccccc3)[C@@H]1C2.COc1cccc2c1C[C@H]1O[C@H](CO)CN(Cc3ccccc3)[C@@H]1C2. The second-order valence-electron chi connectivity index (χ2n) is 19.5. The number of methoxy groups -OCH3 is 3. The zero-order chi connectivity index (χ0) is 49.1. The van der Waals surface area contributed by atoms with E-state index in [0.29, 0.717) is 18.5 Å². The molecular formula is C60H71N3O8. The minimum absolute atomic E-state index is 0.0628. The number of fused-ring (bicyclic) bond motifs is 5. The van der Waals surface area contributed by atoms with Gasteiger partial charge in [-0.05, 0) is 87.5 Å². The fourth-order valence-corrected chi connectivity index (χ4v) is 11.4. The van der Waals surface area contributed by atoms with Gasteiger partial charge in [0, 0.05) is 70.1 Å². The van der Waals surface area contributed by atoms with E-state index in [4.69, 9.17) is 23.7 Å². The summed E-state index contributed by atoms with van der Waals surface area (Å²) in [5.41, 5.74) is 11.5. The number of rotatable bonds is 12. The van der Waals surface area contributed by atoms with Crippen LogP contribution in [0.4, 0.5) is 0 Å². The van der Waals surface area contributed by atoms with Gasteiger partial charge in [-0.2, -0.15) is 0 Å². The van der Waals surface area contributed by atoms with Crippen molar-refractivity contribution in [3.8, 4) is 17.2 Å². The number of ether oxygens (including phenoxy) is 5. The van der Waals surface area contributed by atoms with Crippen molar-refractivity contribution in [3.05, 3.63) is 196 Å². The topological polar surface area (TPSA) is 125 Å². The Labute approximate surface area is 419 Å². The Morgan fingerprint density at radius 2 is 0.873 bits per heavy atom. The Balaban J connectivity index is 0.000000133. The summed E-state index contributed by atoms with van der Waals surface area (Å²) in [6.07, 6.45) is 4.64. The summed E-state index contributed by atoms with van der Waals surface area (Å²) in [7, 11) is 5.13. The van der Waals surface area contributed by atoms with E-state index in [1.54, 1.807) is 21.3 Å². The van der Waals surface area contributed by atoms with Crippen LogP contribution >= 0.6 is 0 Å². The third-order valence-corrected chi connectivity index (χ3v) is 15.0. The third kappa shape index (κ3) is 12.2. The van der Waals surface area contributed by atoms with Crippen molar-refractivity contribution in [3.63, 3.8) is 0 Å². The van der Waals surface area contributed by atoms with Crippen LogP contribution in [0.2, 0.25) is 0 Å². The maximum atomic E-state index is 10.4. The van der Waals surface area contributed by atoms with E-state index in [1.165, 1.54) is 44.5 Å². The van der Waals surface area contributed by atoms with Gasteiger partial charge in [0.2, 0.25) is 0 Å². The molecule has 11 nitrogen and oxygen atoms in total. The van der Waals surface area contributed by atoms with Crippen LogP contribution in [0.1, 0.15) is 50.1 Å². The van der Waals surface area contributed by atoms with Crippen LogP contribution in [-0.4, -0.2) is 121 Å². The van der Waals surface area contributed by atoms with Crippen LogP contribution in [0.5, 0.6) is 17.2 Å². The standard InChI is InChI=1S/2C21H25NO3.C18H21NO2/c2*1-24-20-9-5-8-16-10-19-21(11-18(16)20)25-17(14-23)13-22(19)12-15-6-3-2-4-7-15;1-21-18-9-5-8-14-10-16(17(20)11-15(14)18)19-12-13-6-3-2-4-7-13/h2*2-9,17,19,21,23H,10-14H2,1H3;2-9,16-17,19-20H,10-12H2,1H3/t17-,19+,21+;17-,19-,21-;16-,17-/m011/s1. The maximum Gasteiger partial charge on any atom is 0.122 e. The molecule has 8 atom stereocenters. The van der Waals surface area contributed by atoms with Crippen molar-refractivity contribution in [1.29, 1.82) is 0 Å². The molecule has 6 aromatic carbocycles. The average molecular weight is 962 g/mol. The van der Waals surface area contributed by atoms with Crippen LogP contribution in [0.15, 0.2) is 146 Å². The molecule has 4 N–H and O–H groups in total. The molecule has 0 unspecified atom stereocenters. The monoisotopic (exact) mass is 962 g/mol. The van der Waals surface area contributed by atoms with Gasteiger partial charge >= 0.3 is 0 Å². The van der Waals surface area contributed by atoms with Gasteiger partial charge in [0.05, 0.1) is 65.1 Å². The summed E-state index contributed by atoms with van der Waals surface area (Å²) >= 11 is 0. The number of aliphatic hydroxyl groups excluding tert-OH is 3. The van der Waals surface area contributed by atoms with E-state index < -0.39 is 0 Å². The van der Waals surface area contributed by atoms with E-state index in [9.17, 15) is 15.3 Å². The first-order chi connectivity index (χ1) is 34.8. The van der Waals surface area contributed by atoms with Gasteiger partial charge in [-0.1, -0.05) is 127 Å². The Kier molecular flexibility index (Phi) is 17.2. The van der Waals surface area contributed by atoms with E-state index in [2.05, 4.69) is 106 Å². The molecule has 0 radical (unpaired) electrons. The molecule has 0 amide bonds. The maximum absolute atomic E-state index is 10.4. The molecular weight excluding hydrogens is 891 g/mol. The number of hydrogen-bond donors (Lipinski definition) is 4. The van der Waals surface area contributed by atoms with Crippen LogP contribution in [0.25, 0.3) is 0 Å². The molecule has 2 aliphatic heterocycles. The highest BCUT2D eigenvalue weighted by Crippen LogP contribution is 2.38. The zero-order valence-corrected chi connectivity index (χ0v) is 41.4. The minimum atomic E-state index is -0.377. The number of hydrogen-bond acceptors (Lipinski definition) is 11. The van der Waals surface area contributed by atoms with Gasteiger partial charge in [-0.25, -0.2) is 0 Å². The molecule has 71 heavy (non-hydrogen) atoms. The molecule has 3 aliphatic carbocycles. The summed E-state index contributed by atoms with van der Waals surface area (Å²) in [6, 6.07) is 50.8. The van der Waals surface area contributed by atoms with E-state index >= 15 is 0 Å². The van der Waals surface area contributed by atoms with Crippen LogP contribution in [0, 0.1) is 0 Å². The van der Waals surface area contributed by atoms with Gasteiger partial charge in [0.1, 0.15) is 17.2 Å². The number of morpholine rings is 2. The molecule has 6 aromatic rings. The predicted octanol–water partition coefficient (Wildman–Crippen LogP) is 7.16. The number of nitrogens with one attached hydrogen (secondary N) is 1. The van der Waals surface area contributed by atoms with Crippen molar-refractivity contribution in [1.82, 2.24) is 15.1 Å². The van der Waals surface area contributed by atoms with Crippen molar-refractivity contribution in [2.24, 2.45) is 0 Å². The van der Waals surface area contributed by atoms with E-state index in [1.807, 2.05) is 54.6 Å². The average Bonchev–Trinajstić information content (AvgIpc) is 3.42. The van der Waals surface area contributed by atoms with Gasteiger partial charge in [-0.15, -0.1) is 0 Å². The highest BCUT2D eigenvalue weighted by Gasteiger charge is 2.42. The smallest absolute Gasteiger partial charge is 0.122 e. The lowest BCUT2D eigenvalue weighted by Gasteiger charge is -2.47. The molecule has 2 fully saturated rings. The second-order valence-corrected chi connectivity index (χ2v) is 19.5. The molecule has 2 saturated heterocycles. The van der Waals surface area contributed by atoms with Gasteiger partial charge in [0.25, 0.3) is 0 Å². The predicted molar refractivity (Wildman–Crippen MR) is 277 cm³/mol. The quantitative estimate of drug-likeness (QED) is 0.1000. The minimum Gasteiger partial charge on any atom is -0.496 e. The fourth-order valence-electron chi connectivity index (χ4n) is 11.4. The van der Waals surface area contributed by atoms with Gasteiger partial charge < -0.3 is 44.3 Å². The molecule has 0 saturated carbocycles. The highest BCUT2D eigenvalue weighted by molar-refractivity contribution is 5.45. The van der Waals surface area contributed by atoms with Crippen LogP contribution < -0.4 is 19.5 Å². The van der Waals surface area contributed by atoms with Crippen molar-refractivity contribution in [2.45, 2.75) is 107 Å². The van der Waals surface area contributed by atoms with E-state index in [0.717, 1.165) is 87.6 Å². The first-order valence-electron chi connectivity index (χ1n) is 25.3.